The highest BCUT2D eigenvalue weighted by molar-refractivity contribution is 9.10. The van der Waals surface area contributed by atoms with Gasteiger partial charge in [0.25, 0.3) is 0 Å². The van der Waals surface area contributed by atoms with Crippen molar-refractivity contribution in [1.82, 2.24) is 0 Å². The Kier molecular flexibility index (Phi) is 6.15. The number of benzene rings is 1. The molecule has 106 valence electrons. The first-order valence-electron chi connectivity index (χ1n) is 6.44. The van der Waals surface area contributed by atoms with Gasteiger partial charge >= 0.3 is 0 Å². The Balaban J connectivity index is 2.27. The highest BCUT2D eigenvalue weighted by atomic mass is 79.9. The zero-order valence-electron chi connectivity index (χ0n) is 11.5. The van der Waals surface area contributed by atoms with E-state index in [0.29, 0.717) is 5.84 Å². The van der Waals surface area contributed by atoms with E-state index in [1.54, 1.807) is 0 Å². The Morgan fingerprint density at radius 2 is 2.05 bits per heavy atom. The van der Waals surface area contributed by atoms with Gasteiger partial charge in [-0.05, 0) is 40.9 Å². The summed E-state index contributed by atoms with van der Waals surface area (Å²) in [6.07, 6.45) is 2.98. The van der Waals surface area contributed by atoms with E-state index < -0.39 is 0 Å². The van der Waals surface area contributed by atoms with Gasteiger partial charge in [-0.2, -0.15) is 0 Å². The number of nitrogens with two attached hydrogens (primary N) is 1. The minimum absolute atomic E-state index is 0.248. The van der Waals surface area contributed by atoms with Crippen molar-refractivity contribution in [1.29, 1.82) is 0 Å². The first-order chi connectivity index (χ1) is 8.97. The first kappa shape index (κ1) is 15.8. The van der Waals surface area contributed by atoms with Crippen molar-refractivity contribution in [3.8, 4) is 0 Å². The lowest BCUT2D eigenvalue weighted by Gasteiger charge is -2.22. The molecule has 0 spiro atoms. The molecule has 0 atom stereocenters. The van der Waals surface area contributed by atoms with Gasteiger partial charge in [-0.15, -0.1) is 0 Å². The highest BCUT2D eigenvalue weighted by Gasteiger charge is 2.22. The fourth-order valence-corrected chi connectivity index (χ4v) is 2.21. The Morgan fingerprint density at radius 1 is 1.37 bits per heavy atom. The minimum Gasteiger partial charge on any atom is -0.409 e. The molecule has 0 bridgehead atoms. The van der Waals surface area contributed by atoms with Crippen molar-refractivity contribution in [2.45, 2.75) is 33.1 Å². The second kappa shape index (κ2) is 7.38. The summed E-state index contributed by atoms with van der Waals surface area (Å²) in [5, 5.41) is 15.2. The summed E-state index contributed by atoms with van der Waals surface area (Å²) in [5.74, 6) is 0.297. The molecule has 0 aliphatic heterocycles. The quantitative estimate of drug-likeness (QED) is 0.234. The minimum atomic E-state index is -0.248. The summed E-state index contributed by atoms with van der Waals surface area (Å²) >= 11 is 3.50. The van der Waals surface area contributed by atoms with Crippen LogP contribution in [0.5, 0.6) is 0 Å². The van der Waals surface area contributed by atoms with Crippen molar-refractivity contribution in [3.63, 3.8) is 0 Å². The molecule has 0 amide bonds. The fourth-order valence-electron chi connectivity index (χ4n) is 1.78. The van der Waals surface area contributed by atoms with Crippen molar-refractivity contribution >= 4 is 27.5 Å². The lowest BCUT2D eigenvalue weighted by molar-refractivity contribution is 0.304. The number of oxime groups is 1. The molecule has 4 nitrogen and oxygen atoms in total. The molecule has 0 saturated heterocycles. The van der Waals surface area contributed by atoms with E-state index in [4.69, 9.17) is 10.9 Å². The average molecular weight is 328 g/mol. The number of nitrogens with one attached hydrogen (secondary N) is 1. The van der Waals surface area contributed by atoms with Crippen LogP contribution in [-0.4, -0.2) is 17.6 Å². The number of rotatable bonds is 7. The van der Waals surface area contributed by atoms with Gasteiger partial charge in [0, 0.05) is 22.1 Å². The number of amidine groups is 1. The molecule has 0 aromatic heterocycles. The van der Waals surface area contributed by atoms with Crippen LogP contribution in [-0.2, 0) is 0 Å². The molecule has 5 heteroatoms. The van der Waals surface area contributed by atoms with Crippen LogP contribution in [0.15, 0.2) is 33.9 Å². The Morgan fingerprint density at radius 3 is 2.68 bits per heavy atom. The smallest absolute Gasteiger partial charge is 0.144 e. The van der Waals surface area contributed by atoms with Crippen LogP contribution < -0.4 is 11.1 Å². The van der Waals surface area contributed by atoms with E-state index in [1.807, 2.05) is 38.1 Å². The van der Waals surface area contributed by atoms with E-state index in [-0.39, 0.29) is 5.41 Å². The zero-order chi connectivity index (χ0) is 14.3. The summed E-state index contributed by atoms with van der Waals surface area (Å²) < 4.78 is 1.08. The Hall–Kier alpha value is -1.23. The van der Waals surface area contributed by atoms with Crippen LogP contribution in [0.3, 0.4) is 0 Å². The summed E-state index contributed by atoms with van der Waals surface area (Å²) in [4.78, 5) is 0. The standard InChI is InChI=1S/C14H22BrN3O/c1-14(2,13(16)18-19)9-5-6-10-17-12-8-4-3-7-11(12)15/h3-4,7-8,17,19H,5-6,9-10H2,1-2H3,(H2,16,18). The van der Waals surface area contributed by atoms with Gasteiger partial charge in [0.05, 0.1) is 0 Å². The SMILES string of the molecule is CC(C)(CCCCNc1ccccc1Br)/C(N)=N/O. The number of para-hydroxylation sites is 1. The van der Waals surface area contributed by atoms with E-state index in [0.717, 1.165) is 36.0 Å². The van der Waals surface area contributed by atoms with Crippen molar-refractivity contribution in [2.75, 3.05) is 11.9 Å². The molecule has 19 heavy (non-hydrogen) atoms. The average Bonchev–Trinajstić information content (AvgIpc) is 2.39. The molecule has 1 aromatic rings. The molecule has 0 heterocycles. The lowest BCUT2D eigenvalue weighted by atomic mass is 9.86. The van der Waals surface area contributed by atoms with Gasteiger partial charge in [-0.1, -0.05) is 37.6 Å². The second-order valence-electron chi connectivity index (χ2n) is 5.23. The number of hydrogen-bond donors (Lipinski definition) is 3. The van der Waals surface area contributed by atoms with Crippen LogP contribution in [0, 0.1) is 5.41 Å². The number of anilines is 1. The monoisotopic (exact) mass is 327 g/mol. The van der Waals surface area contributed by atoms with Gasteiger partial charge in [-0.25, -0.2) is 0 Å². The zero-order valence-corrected chi connectivity index (χ0v) is 13.1. The van der Waals surface area contributed by atoms with Crippen LogP contribution in [0.1, 0.15) is 33.1 Å². The predicted octanol–water partition coefficient (Wildman–Crippen LogP) is 3.80. The third kappa shape index (κ3) is 5.11. The van der Waals surface area contributed by atoms with Crippen molar-refractivity contribution in [2.24, 2.45) is 16.3 Å². The van der Waals surface area contributed by atoms with Crippen molar-refractivity contribution in [3.05, 3.63) is 28.7 Å². The molecule has 0 aliphatic carbocycles. The summed E-state index contributed by atoms with van der Waals surface area (Å²) in [6.45, 7) is 4.89. The molecule has 1 rings (SSSR count). The second-order valence-corrected chi connectivity index (χ2v) is 6.09. The van der Waals surface area contributed by atoms with Crippen LogP contribution in [0.2, 0.25) is 0 Å². The molecule has 4 N–H and O–H groups in total. The summed E-state index contributed by atoms with van der Waals surface area (Å²) in [5.41, 5.74) is 6.52. The van der Waals surface area contributed by atoms with Gasteiger partial charge in [-0.3, -0.25) is 0 Å². The normalized spacial score (nSPS) is 12.5. The summed E-state index contributed by atoms with van der Waals surface area (Å²) in [7, 11) is 0. The van der Waals surface area contributed by atoms with E-state index in [1.165, 1.54) is 0 Å². The van der Waals surface area contributed by atoms with Gasteiger partial charge < -0.3 is 16.3 Å². The summed E-state index contributed by atoms with van der Waals surface area (Å²) in [6, 6.07) is 8.07. The molecular weight excluding hydrogens is 306 g/mol. The van der Waals surface area contributed by atoms with Gasteiger partial charge in [0.2, 0.25) is 0 Å². The maximum absolute atomic E-state index is 8.70. The van der Waals surface area contributed by atoms with Gasteiger partial charge in [0.1, 0.15) is 5.84 Å². The number of nitrogens with zero attached hydrogens (tertiary/aromatic N) is 1. The number of unbranched alkanes of at least 4 members (excludes halogenated alkanes) is 1. The van der Waals surface area contributed by atoms with Crippen molar-refractivity contribution < 1.29 is 5.21 Å². The largest absolute Gasteiger partial charge is 0.409 e. The third-order valence-corrected chi connectivity index (χ3v) is 3.91. The maximum Gasteiger partial charge on any atom is 0.144 e. The van der Waals surface area contributed by atoms with Crippen LogP contribution in [0.25, 0.3) is 0 Å². The number of halogens is 1. The van der Waals surface area contributed by atoms with Crippen LogP contribution in [0.4, 0.5) is 5.69 Å². The Labute approximate surface area is 123 Å². The van der Waals surface area contributed by atoms with E-state index in [9.17, 15) is 0 Å². The molecule has 0 unspecified atom stereocenters. The molecule has 0 radical (unpaired) electrons. The number of hydrogen-bond acceptors (Lipinski definition) is 3. The maximum atomic E-state index is 8.70. The molecular formula is C14H22BrN3O. The molecule has 0 aliphatic rings. The Bertz CT molecular complexity index is 432. The van der Waals surface area contributed by atoms with Gasteiger partial charge in [0.15, 0.2) is 0 Å². The molecule has 0 saturated carbocycles. The first-order valence-corrected chi connectivity index (χ1v) is 7.23. The highest BCUT2D eigenvalue weighted by Crippen LogP contribution is 2.24. The third-order valence-electron chi connectivity index (χ3n) is 3.22. The van der Waals surface area contributed by atoms with E-state index >= 15 is 0 Å². The molecule has 1 aromatic carbocycles. The lowest BCUT2D eigenvalue weighted by Crippen LogP contribution is -2.31. The fraction of sp³-hybridized carbons (Fsp3) is 0.500. The predicted molar refractivity (Wildman–Crippen MR) is 83.7 cm³/mol. The molecule has 0 fully saturated rings. The van der Waals surface area contributed by atoms with Crippen LogP contribution >= 0.6 is 15.9 Å². The van der Waals surface area contributed by atoms with E-state index in [2.05, 4.69) is 26.4 Å². The topological polar surface area (TPSA) is 70.6 Å².